The SMILES string of the molecule is C=C/C=C\C(=C(C)C)c1nc(/C(=C/C=C\C)C(=C)NC)nn1-c1ccc(C)cc1. The Balaban J connectivity index is 2.78. The topological polar surface area (TPSA) is 42.7 Å². The number of nitrogens with one attached hydrogen (secondary N) is 1. The molecule has 4 heteroatoms. The van der Waals surface area contributed by atoms with Crippen LogP contribution in [0.3, 0.4) is 0 Å². The van der Waals surface area contributed by atoms with E-state index >= 15 is 0 Å². The molecule has 4 nitrogen and oxygen atoms in total. The number of hydrogen-bond donors (Lipinski definition) is 1. The van der Waals surface area contributed by atoms with Crippen LogP contribution in [-0.4, -0.2) is 21.8 Å². The van der Waals surface area contributed by atoms with E-state index in [0.29, 0.717) is 5.82 Å². The summed E-state index contributed by atoms with van der Waals surface area (Å²) < 4.78 is 1.89. The Morgan fingerprint density at radius 1 is 1.14 bits per heavy atom. The predicted molar refractivity (Wildman–Crippen MR) is 125 cm³/mol. The van der Waals surface area contributed by atoms with Crippen LogP contribution in [0.4, 0.5) is 0 Å². The summed E-state index contributed by atoms with van der Waals surface area (Å²) in [4.78, 5) is 4.91. The van der Waals surface area contributed by atoms with Gasteiger partial charge in [0, 0.05) is 23.9 Å². The van der Waals surface area contributed by atoms with Gasteiger partial charge in [-0.05, 0) is 45.9 Å². The van der Waals surface area contributed by atoms with Gasteiger partial charge in [-0.25, -0.2) is 9.67 Å². The molecule has 0 aliphatic heterocycles. The maximum Gasteiger partial charge on any atom is 0.184 e. The zero-order valence-electron chi connectivity index (χ0n) is 18.0. The number of benzene rings is 1. The first kappa shape index (κ1) is 21.9. The zero-order valence-corrected chi connectivity index (χ0v) is 18.0. The van der Waals surface area contributed by atoms with Crippen molar-refractivity contribution >= 4 is 11.1 Å². The van der Waals surface area contributed by atoms with Crippen LogP contribution in [0.25, 0.3) is 16.8 Å². The largest absolute Gasteiger partial charge is 0.388 e. The highest BCUT2D eigenvalue weighted by molar-refractivity contribution is 5.78. The van der Waals surface area contributed by atoms with Gasteiger partial charge in [-0.1, -0.05) is 66.8 Å². The minimum absolute atomic E-state index is 0.615. The highest BCUT2D eigenvalue weighted by Gasteiger charge is 2.18. The van der Waals surface area contributed by atoms with Crippen molar-refractivity contribution in [3.63, 3.8) is 0 Å². The van der Waals surface area contributed by atoms with Gasteiger partial charge in [0.15, 0.2) is 11.6 Å². The number of aromatic nitrogens is 3. The minimum Gasteiger partial charge on any atom is -0.388 e. The van der Waals surface area contributed by atoms with E-state index in [1.807, 2.05) is 49.0 Å². The van der Waals surface area contributed by atoms with E-state index in [1.54, 1.807) is 6.08 Å². The maximum absolute atomic E-state index is 4.91. The van der Waals surface area contributed by atoms with Crippen LogP contribution >= 0.6 is 0 Å². The Kier molecular flexibility index (Phi) is 7.72. The zero-order chi connectivity index (χ0) is 21.4. The number of likely N-dealkylation sites (N-methyl/N-ethyl adjacent to an activating group) is 1. The average Bonchev–Trinajstić information content (AvgIpc) is 3.13. The fourth-order valence-electron chi connectivity index (χ4n) is 2.73. The second-order valence-electron chi connectivity index (χ2n) is 6.85. The number of hydrogen-bond acceptors (Lipinski definition) is 3. The summed E-state index contributed by atoms with van der Waals surface area (Å²) in [5.41, 5.74) is 5.90. The Morgan fingerprint density at radius 3 is 2.38 bits per heavy atom. The molecule has 29 heavy (non-hydrogen) atoms. The molecule has 150 valence electrons. The lowest BCUT2D eigenvalue weighted by Gasteiger charge is -2.08. The van der Waals surface area contributed by atoms with Gasteiger partial charge in [-0.15, -0.1) is 5.10 Å². The lowest BCUT2D eigenvalue weighted by molar-refractivity contribution is 0.857. The highest BCUT2D eigenvalue weighted by Crippen LogP contribution is 2.26. The third kappa shape index (κ3) is 5.32. The average molecular weight is 387 g/mol. The molecule has 2 rings (SSSR count). The molecule has 1 N–H and O–H groups in total. The van der Waals surface area contributed by atoms with E-state index in [-0.39, 0.29) is 0 Å². The molecular formula is C25H30N4. The summed E-state index contributed by atoms with van der Waals surface area (Å²) in [5.74, 6) is 1.39. The van der Waals surface area contributed by atoms with Gasteiger partial charge < -0.3 is 5.32 Å². The highest BCUT2D eigenvalue weighted by atomic mass is 15.4. The third-order valence-corrected chi connectivity index (χ3v) is 4.39. The molecule has 0 amide bonds. The first-order chi connectivity index (χ1) is 13.9. The van der Waals surface area contributed by atoms with Crippen LogP contribution in [0.5, 0.6) is 0 Å². The molecule has 0 atom stereocenters. The molecular weight excluding hydrogens is 356 g/mol. The summed E-state index contributed by atoms with van der Waals surface area (Å²) in [5, 5.41) is 7.96. The lowest BCUT2D eigenvalue weighted by Crippen LogP contribution is -2.07. The molecule has 0 saturated carbocycles. The molecule has 0 aliphatic rings. The number of aryl methyl sites for hydroxylation is 1. The van der Waals surface area contributed by atoms with Crippen LogP contribution in [0.1, 0.15) is 38.0 Å². The maximum atomic E-state index is 4.91. The fraction of sp³-hybridized carbons (Fsp3) is 0.200. The first-order valence-electron chi connectivity index (χ1n) is 9.64. The van der Waals surface area contributed by atoms with Crippen LogP contribution in [0, 0.1) is 6.92 Å². The molecule has 0 radical (unpaired) electrons. The van der Waals surface area contributed by atoms with Gasteiger partial charge in [-0.2, -0.15) is 0 Å². The van der Waals surface area contributed by atoms with E-state index in [0.717, 1.165) is 33.9 Å². The molecule has 0 aliphatic carbocycles. The van der Waals surface area contributed by atoms with Crippen molar-refractivity contribution in [2.24, 2.45) is 0 Å². The molecule has 0 fully saturated rings. The molecule has 2 aromatic rings. The number of allylic oxidation sites excluding steroid dienone is 9. The third-order valence-electron chi connectivity index (χ3n) is 4.39. The van der Waals surface area contributed by atoms with Crippen molar-refractivity contribution in [2.45, 2.75) is 27.7 Å². The van der Waals surface area contributed by atoms with Gasteiger partial charge >= 0.3 is 0 Å². The van der Waals surface area contributed by atoms with Gasteiger partial charge in [0.1, 0.15) is 0 Å². The lowest BCUT2D eigenvalue weighted by atomic mass is 10.1. The van der Waals surface area contributed by atoms with Gasteiger partial charge in [-0.3, -0.25) is 0 Å². The molecule has 0 bridgehead atoms. The molecule has 1 aromatic carbocycles. The number of nitrogens with zero attached hydrogens (tertiary/aromatic N) is 3. The molecule has 0 saturated heterocycles. The summed E-state index contributed by atoms with van der Waals surface area (Å²) in [7, 11) is 1.85. The predicted octanol–water partition coefficient (Wildman–Crippen LogP) is 5.80. The van der Waals surface area contributed by atoms with Crippen LogP contribution in [-0.2, 0) is 0 Å². The standard InChI is InChI=1S/C25H30N4/c1-8-10-12-22(18(3)4)25-27-24(23(13-11-9-2)20(6)26-7)28-29(25)21-16-14-19(5)15-17-21/h8-17,26H,1,6H2,2-5,7H3/b11-9-,12-10-,23-13+. The van der Waals surface area contributed by atoms with Gasteiger partial charge in [0.2, 0.25) is 0 Å². The van der Waals surface area contributed by atoms with Crippen LogP contribution in [0.15, 0.2) is 85.1 Å². The second kappa shape index (κ2) is 10.2. The Labute approximate surface area is 174 Å². The number of rotatable bonds is 8. The van der Waals surface area contributed by atoms with Gasteiger partial charge in [0.25, 0.3) is 0 Å². The monoisotopic (exact) mass is 386 g/mol. The molecule has 1 aromatic heterocycles. The second-order valence-corrected chi connectivity index (χ2v) is 6.85. The van der Waals surface area contributed by atoms with Crippen LogP contribution in [0.2, 0.25) is 0 Å². The smallest absolute Gasteiger partial charge is 0.184 e. The summed E-state index contributed by atoms with van der Waals surface area (Å²) >= 11 is 0. The first-order valence-corrected chi connectivity index (χ1v) is 9.64. The Morgan fingerprint density at radius 2 is 1.83 bits per heavy atom. The van der Waals surface area contributed by atoms with E-state index in [2.05, 4.69) is 63.5 Å². The van der Waals surface area contributed by atoms with E-state index in [4.69, 9.17) is 10.1 Å². The van der Waals surface area contributed by atoms with Crippen molar-refractivity contribution in [1.29, 1.82) is 0 Å². The summed E-state index contributed by atoms with van der Waals surface area (Å²) in [6.45, 7) is 16.1. The van der Waals surface area contributed by atoms with Crippen molar-refractivity contribution in [2.75, 3.05) is 7.05 Å². The summed E-state index contributed by atoms with van der Waals surface area (Å²) in [6, 6.07) is 8.26. The van der Waals surface area contributed by atoms with Crippen molar-refractivity contribution in [1.82, 2.24) is 20.1 Å². The Hall–Kier alpha value is -3.40. The van der Waals surface area contributed by atoms with E-state index in [9.17, 15) is 0 Å². The van der Waals surface area contributed by atoms with Gasteiger partial charge in [0.05, 0.1) is 5.69 Å². The fourth-order valence-corrected chi connectivity index (χ4v) is 2.73. The normalized spacial score (nSPS) is 11.8. The molecule has 0 spiro atoms. The van der Waals surface area contributed by atoms with Crippen molar-refractivity contribution in [3.05, 3.63) is 102 Å². The summed E-state index contributed by atoms with van der Waals surface area (Å²) in [6.07, 6.45) is 11.6. The van der Waals surface area contributed by atoms with E-state index < -0.39 is 0 Å². The molecule has 0 unspecified atom stereocenters. The minimum atomic E-state index is 0.615. The van der Waals surface area contributed by atoms with Crippen LogP contribution < -0.4 is 5.32 Å². The van der Waals surface area contributed by atoms with Crippen molar-refractivity contribution < 1.29 is 0 Å². The van der Waals surface area contributed by atoms with E-state index in [1.165, 1.54) is 5.56 Å². The van der Waals surface area contributed by atoms with Crippen molar-refractivity contribution in [3.8, 4) is 5.69 Å². The Bertz CT molecular complexity index is 992. The molecule has 1 heterocycles. The quantitative estimate of drug-likeness (QED) is 0.583.